The van der Waals surface area contributed by atoms with Crippen LogP contribution in [0, 0.1) is 0 Å². The lowest BCUT2D eigenvalue weighted by atomic mass is 10.2. The SMILES string of the molecule is CCNC(=NCC1CCCN1C)N1CCN(c2ccccc2)CC1.I. The minimum absolute atomic E-state index is 0. The van der Waals surface area contributed by atoms with Gasteiger partial charge in [0.1, 0.15) is 0 Å². The number of anilines is 1. The van der Waals surface area contributed by atoms with Crippen molar-refractivity contribution in [3.8, 4) is 0 Å². The van der Waals surface area contributed by atoms with Crippen molar-refractivity contribution in [1.29, 1.82) is 0 Å². The summed E-state index contributed by atoms with van der Waals surface area (Å²) in [6, 6.07) is 11.3. The molecular formula is C19H32IN5. The molecule has 0 aliphatic carbocycles. The summed E-state index contributed by atoms with van der Waals surface area (Å²) >= 11 is 0. The fourth-order valence-electron chi connectivity index (χ4n) is 3.64. The molecule has 2 aliphatic heterocycles. The normalized spacial score (nSPS) is 22.0. The van der Waals surface area contributed by atoms with Gasteiger partial charge in [0.05, 0.1) is 6.54 Å². The summed E-state index contributed by atoms with van der Waals surface area (Å²) in [4.78, 5) is 12.3. The molecule has 0 radical (unpaired) electrons. The zero-order chi connectivity index (χ0) is 16.8. The second kappa shape index (κ2) is 10.2. The Hall–Kier alpha value is -1.02. The van der Waals surface area contributed by atoms with Crippen LogP contribution in [-0.4, -0.2) is 74.7 Å². The second-order valence-corrected chi connectivity index (χ2v) is 6.78. The number of guanidine groups is 1. The molecule has 1 aromatic rings. The molecule has 140 valence electrons. The van der Waals surface area contributed by atoms with Crippen molar-refractivity contribution >= 4 is 35.6 Å². The molecule has 5 nitrogen and oxygen atoms in total. The van der Waals surface area contributed by atoms with Gasteiger partial charge >= 0.3 is 0 Å². The molecule has 0 bridgehead atoms. The number of nitrogens with zero attached hydrogens (tertiary/aromatic N) is 4. The molecule has 2 saturated heterocycles. The lowest BCUT2D eigenvalue weighted by Crippen LogP contribution is -2.52. The molecule has 1 unspecified atom stereocenters. The van der Waals surface area contributed by atoms with Crippen molar-refractivity contribution in [3.63, 3.8) is 0 Å². The number of rotatable bonds is 4. The van der Waals surface area contributed by atoms with E-state index in [1.165, 1.54) is 25.1 Å². The van der Waals surface area contributed by atoms with Crippen LogP contribution >= 0.6 is 24.0 Å². The first-order valence-corrected chi connectivity index (χ1v) is 9.31. The molecule has 0 amide bonds. The van der Waals surface area contributed by atoms with E-state index >= 15 is 0 Å². The Morgan fingerprint density at radius 1 is 1.12 bits per heavy atom. The molecular weight excluding hydrogens is 425 g/mol. The fraction of sp³-hybridized carbons (Fsp3) is 0.632. The topological polar surface area (TPSA) is 34.1 Å². The van der Waals surface area contributed by atoms with Crippen molar-refractivity contribution in [3.05, 3.63) is 30.3 Å². The predicted molar refractivity (Wildman–Crippen MR) is 117 cm³/mol. The number of nitrogens with one attached hydrogen (secondary N) is 1. The van der Waals surface area contributed by atoms with E-state index in [4.69, 9.17) is 4.99 Å². The quantitative estimate of drug-likeness (QED) is 0.428. The molecule has 1 atom stereocenters. The first kappa shape index (κ1) is 20.3. The number of benzene rings is 1. The van der Waals surface area contributed by atoms with Gasteiger partial charge in [0.25, 0.3) is 0 Å². The summed E-state index contributed by atoms with van der Waals surface area (Å²) in [5.74, 6) is 1.09. The Morgan fingerprint density at radius 3 is 2.44 bits per heavy atom. The summed E-state index contributed by atoms with van der Waals surface area (Å²) in [5.41, 5.74) is 1.33. The van der Waals surface area contributed by atoms with E-state index in [9.17, 15) is 0 Å². The molecule has 0 saturated carbocycles. The highest BCUT2D eigenvalue weighted by Gasteiger charge is 2.22. The first-order valence-electron chi connectivity index (χ1n) is 9.31. The number of likely N-dealkylation sites (N-methyl/N-ethyl adjacent to an activating group) is 1. The largest absolute Gasteiger partial charge is 0.368 e. The highest BCUT2D eigenvalue weighted by molar-refractivity contribution is 14.0. The maximum atomic E-state index is 4.94. The zero-order valence-corrected chi connectivity index (χ0v) is 17.9. The number of para-hydroxylation sites is 1. The van der Waals surface area contributed by atoms with Gasteiger partial charge in [-0.3, -0.25) is 4.99 Å². The summed E-state index contributed by atoms with van der Waals surface area (Å²) < 4.78 is 0. The Labute approximate surface area is 169 Å². The Morgan fingerprint density at radius 2 is 1.84 bits per heavy atom. The Bertz CT molecular complexity index is 528. The molecule has 25 heavy (non-hydrogen) atoms. The van der Waals surface area contributed by atoms with Crippen LogP contribution in [0.2, 0.25) is 0 Å². The van der Waals surface area contributed by atoms with Gasteiger partial charge in [-0.25, -0.2) is 0 Å². The standard InChI is InChI=1S/C19H31N5.HI/c1-3-20-19(21-16-18-10-7-11-22(18)2)24-14-12-23(13-15-24)17-8-5-4-6-9-17;/h4-6,8-9,18H,3,7,10-16H2,1-2H3,(H,20,21);1H. The summed E-state index contributed by atoms with van der Waals surface area (Å²) in [6.07, 6.45) is 2.59. The third-order valence-electron chi connectivity index (χ3n) is 5.16. The first-order chi connectivity index (χ1) is 11.8. The lowest BCUT2D eigenvalue weighted by molar-refractivity contribution is 0.314. The van der Waals surface area contributed by atoms with Crippen LogP contribution < -0.4 is 10.2 Å². The van der Waals surface area contributed by atoms with Crippen LogP contribution in [-0.2, 0) is 0 Å². The van der Waals surface area contributed by atoms with Crippen LogP contribution in [0.25, 0.3) is 0 Å². The van der Waals surface area contributed by atoms with Crippen molar-refractivity contribution in [1.82, 2.24) is 15.1 Å². The Kier molecular flexibility index (Phi) is 8.29. The molecule has 3 rings (SSSR count). The molecule has 0 spiro atoms. The van der Waals surface area contributed by atoms with Gasteiger partial charge in [-0.05, 0) is 45.5 Å². The average molecular weight is 457 g/mol. The number of piperazine rings is 1. The van der Waals surface area contributed by atoms with E-state index in [1.54, 1.807) is 0 Å². The average Bonchev–Trinajstić information content (AvgIpc) is 3.04. The maximum Gasteiger partial charge on any atom is 0.194 e. The molecule has 2 aliphatic rings. The van der Waals surface area contributed by atoms with Crippen molar-refractivity contribution in [2.45, 2.75) is 25.8 Å². The van der Waals surface area contributed by atoms with E-state index in [-0.39, 0.29) is 24.0 Å². The lowest BCUT2D eigenvalue weighted by Gasteiger charge is -2.37. The van der Waals surface area contributed by atoms with E-state index in [1.807, 2.05) is 0 Å². The number of hydrogen-bond acceptors (Lipinski definition) is 3. The zero-order valence-electron chi connectivity index (χ0n) is 15.5. The second-order valence-electron chi connectivity index (χ2n) is 6.78. The minimum atomic E-state index is 0. The summed E-state index contributed by atoms with van der Waals surface area (Å²) in [6.45, 7) is 9.37. The molecule has 0 aromatic heterocycles. The van der Waals surface area contributed by atoms with Crippen molar-refractivity contribution in [2.24, 2.45) is 4.99 Å². The highest BCUT2D eigenvalue weighted by atomic mass is 127. The van der Waals surface area contributed by atoms with Crippen molar-refractivity contribution < 1.29 is 0 Å². The third kappa shape index (κ3) is 5.48. The van der Waals surface area contributed by atoms with Gasteiger partial charge < -0.3 is 20.0 Å². The van der Waals surface area contributed by atoms with E-state index in [2.05, 4.69) is 64.3 Å². The predicted octanol–water partition coefficient (Wildman–Crippen LogP) is 2.49. The van der Waals surface area contributed by atoms with Gasteiger partial charge in [-0.15, -0.1) is 24.0 Å². The van der Waals surface area contributed by atoms with E-state index < -0.39 is 0 Å². The number of halogens is 1. The van der Waals surface area contributed by atoms with Crippen LogP contribution in [0.5, 0.6) is 0 Å². The highest BCUT2D eigenvalue weighted by Crippen LogP contribution is 2.17. The molecule has 1 N–H and O–H groups in total. The summed E-state index contributed by atoms with van der Waals surface area (Å²) in [5, 5.41) is 3.48. The van der Waals surface area contributed by atoms with Crippen LogP contribution in [0.3, 0.4) is 0 Å². The molecule has 2 heterocycles. The van der Waals surface area contributed by atoms with Gasteiger partial charge in [-0.2, -0.15) is 0 Å². The van der Waals surface area contributed by atoms with Crippen molar-refractivity contribution in [2.75, 3.05) is 57.8 Å². The number of hydrogen-bond donors (Lipinski definition) is 1. The Balaban J connectivity index is 0.00000225. The van der Waals surface area contributed by atoms with Crippen LogP contribution in [0.15, 0.2) is 35.3 Å². The molecule has 2 fully saturated rings. The fourth-order valence-corrected chi connectivity index (χ4v) is 3.64. The number of likely N-dealkylation sites (tertiary alicyclic amines) is 1. The van der Waals surface area contributed by atoms with Gasteiger partial charge in [0.2, 0.25) is 0 Å². The van der Waals surface area contributed by atoms with Crippen LogP contribution in [0.4, 0.5) is 5.69 Å². The molecule has 6 heteroatoms. The maximum absolute atomic E-state index is 4.94. The van der Waals surface area contributed by atoms with Crippen LogP contribution in [0.1, 0.15) is 19.8 Å². The molecule has 1 aromatic carbocycles. The van der Waals surface area contributed by atoms with E-state index in [0.29, 0.717) is 6.04 Å². The van der Waals surface area contributed by atoms with Gasteiger partial charge in [0.15, 0.2) is 5.96 Å². The van der Waals surface area contributed by atoms with Gasteiger partial charge in [0, 0.05) is 44.5 Å². The summed E-state index contributed by atoms with van der Waals surface area (Å²) in [7, 11) is 2.22. The monoisotopic (exact) mass is 457 g/mol. The number of aliphatic imine (C=N–C) groups is 1. The van der Waals surface area contributed by atoms with E-state index in [0.717, 1.165) is 45.2 Å². The minimum Gasteiger partial charge on any atom is -0.368 e. The third-order valence-corrected chi connectivity index (χ3v) is 5.16. The van der Waals surface area contributed by atoms with Gasteiger partial charge in [-0.1, -0.05) is 18.2 Å². The smallest absolute Gasteiger partial charge is 0.194 e.